The van der Waals surface area contributed by atoms with Gasteiger partial charge in [-0.2, -0.15) is 0 Å². The molecule has 0 spiro atoms. The van der Waals surface area contributed by atoms with E-state index in [-0.39, 0.29) is 17.7 Å². The average Bonchev–Trinajstić information content (AvgIpc) is 3.15. The molecule has 0 bridgehead atoms. The minimum atomic E-state index is -0.370. The van der Waals surface area contributed by atoms with E-state index in [1.54, 1.807) is 36.4 Å². The number of halogens is 2. The molecule has 1 heterocycles. The molecule has 2 amide bonds. The molecule has 0 aliphatic carbocycles. The van der Waals surface area contributed by atoms with Crippen LogP contribution in [0.1, 0.15) is 23.6 Å². The third kappa shape index (κ3) is 5.68. The maximum Gasteiger partial charge on any atom is 0.293 e. The lowest BCUT2D eigenvalue weighted by Crippen LogP contribution is -2.27. The maximum absolute atomic E-state index is 13.0. The maximum atomic E-state index is 13.0. The molecule has 1 saturated heterocycles. The molecule has 0 unspecified atom stereocenters. The Morgan fingerprint density at radius 2 is 1.71 bits per heavy atom. The minimum absolute atomic E-state index is 0.147. The molecule has 0 aromatic heterocycles. The van der Waals surface area contributed by atoms with E-state index in [0.29, 0.717) is 45.2 Å². The molecule has 4 aromatic rings. The van der Waals surface area contributed by atoms with E-state index >= 15 is 0 Å². The van der Waals surface area contributed by atoms with Crippen LogP contribution in [0.15, 0.2) is 83.8 Å². The largest absolute Gasteiger partial charge is 0.490 e. The Morgan fingerprint density at radius 3 is 2.53 bits per heavy atom. The van der Waals surface area contributed by atoms with Crippen molar-refractivity contribution in [2.75, 3.05) is 6.61 Å². The fourth-order valence-corrected chi connectivity index (χ4v) is 5.57. The Kier molecular flexibility index (Phi) is 7.93. The first-order valence-corrected chi connectivity index (χ1v) is 13.6. The lowest BCUT2D eigenvalue weighted by Gasteiger charge is -2.15. The van der Waals surface area contributed by atoms with Gasteiger partial charge in [0.1, 0.15) is 6.61 Å². The highest BCUT2D eigenvalue weighted by atomic mass is 35.5. The van der Waals surface area contributed by atoms with Gasteiger partial charge in [0.05, 0.1) is 23.1 Å². The van der Waals surface area contributed by atoms with Crippen molar-refractivity contribution >= 4 is 63.0 Å². The molecule has 0 N–H and O–H groups in total. The molecule has 5 nitrogen and oxygen atoms in total. The minimum Gasteiger partial charge on any atom is -0.490 e. The van der Waals surface area contributed by atoms with Gasteiger partial charge in [-0.3, -0.25) is 14.5 Å². The van der Waals surface area contributed by atoms with Crippen LogP contribution >= 0.6 is 35.0 Å². The zero-order valence-electron chi connectivity index (χ0n) is 20.4. The van der Waals surface area contributed by atoms with Crippen molar-refractivity contribution in [2.45, 2.75) is 20.1 Å². The molecule has 8 heteroatoms. The molecule has 1 aliphatic heterocycles. The number of fused-ring (bicyclic) bond motifs is 1. The Hall–Kier alpha value is -3.45. The normalized spacial score (nSPS) is 14.5. The first-order valence-electron chi connectivity index (χ1n) is 12.0. The van der Waals surface area contributed by atoms with E-state index in [0.717, 1.165) is 33.7 Å². The summed E-state index contributed by atoms with van der Waals surface area (Å²) in [4.78, 5) is 27.1. The highest BCUT2D eigenvalue weighted by molar-refractivity contribution is 8.18. The van der Waals surface area contributed by atoms with Crippen LogP contribution in [0.4, 0.5) is 4.79 Å². The van der Waals surface area contributed by atoms with E-state index in [1.165, 1.54) is 4.90 Å². The molecule has 0 atom stereocenters. The highest BCUT2D eigenvalue weighted by Crippen LogP contribution is 2.40. The van der Waals surface area contributed by atoms with Gasteiger partial charge in [-0.25, -0.2) is 0 Å². The second-order valence-electron chi connectivity index (χ2n) is 8.59. The third-order valence-corrected chi connectivity index (χ3v) is 7.41. The van der Waals surface area contributed by atoms with Crippen LogP contribution < -0.4 is 9.47 Å². The molecule has 38 heavy (non-hydrogen) atoms. The molecule has 1 fully saturated rings. The standard InChI is InChI=1S/C30H23Cl2NO4S/c1-2-36-26-15-20(16-27-29(34)33(30(35)38-27)17-19-7-5-11-23(31)13-19)14-25(32)28(26)37-18-22-10-6-9-21-8-3-4-12-24(21)22/h3-16H,2,17-18H2,1H3/b27-16-. The molecule has 4 aromatic carbocycles. The summed E-state index contributed by atoms with van der Waals surface area (Å²) >= 11 is 13.6. The van der Waals surface area contributed by atoms with Crippen molar-refractivity contribution in [2.24, 2.45) is 0 Å². The van der Waals surface area contributed by atoms with Gasteiger partial charge < -0.3 is 9.47 Å². The first-order chi connectivity index (χ1) is 18.4. The van der Waals surface area contributed by atoms with Crippen LogP contribution in [0.3, 0.4) is 0 Å². The van der Waals surface area contributed by atoms with Crippen molar-refractivity contribution in [3.05, 3.63) is 111 Å². The van der Waals surface area contributed by atoms with Crippen molar-refractivity contribution in [1.82, 2.24) is 4.90 Å². The van der Waals surface area contributed by atoms with Crippen LogP contribution in [-0.4, -0.2) is 22.7 Å². The predicted octanol–water partition coefficient (Wildman–Crippen LogP) is 8.36. The third-order valence-electron chi connectivity index (χ3n) is 5.98. The lowest BCUT2D eigenvalue weighted by molar-refractivity contribution is -0.123. The van der Waals surface area contributed by atoms with Gasteiger partial charge >= 0.3 is 0 Å². The topological polar surface area (TPSA) is 55.8 Å². The summed E-state index contributed by atoms with van der Waals surface area (Å²) in [6.45, 7) is 2.73. The van der Waals surface area contributed by atoms with Gasteiger partial charge in [-0.1, -0.05) is 77.8 Å². The van der Waals surface area contributed by atoms with E-state index in [9.17, 15) is 9.59 Å². The number of ether oxygens (including phenoxy) is 2. The number of benzene rings is 4. The number of imide groups is 1. The van der Waals surface area contributed by atoms with E-state index < -0.39 is 0 Å². The van der Waals surface area contributed by atoms with Crippen LogP contribution in [0.25, 0.3) is 16.8 Å². The molecule has 1 aliphatic rings. The lowest BCUT2D eigenvalue weighted by atomic mass is 10.1. The molecule has 0 saturated carbocycles. The van der Waals surface area contributed by atoms with Gasteiger partial charge in [-0.05, 0) is 76.5 Å². The van der Waals surface area contributed by atoms with Crippen molar-refractivity contribution in [3.63, 3.8) is 0 Å². The van der Waals surface area contributed by atoms with Gasteiger partial charge in [0.25, 0.3) is 11.1 Å². The number of hydrogen-bond donors (Lipinski definition) is 0. The molecule has 192 valence electrons. The summed E-state index contributed by atoms with van der Waals surface area (Å²) in [5.41, 5.74) is 2.43. The number of nitrogens with zero attached hydrogens (tertiary/aromatic N) is 1. The zero-order valence-corrected chi connectivity index (χ0v) is 22.8. The number of thioether (sulfide) groups is 1. The predicted molar refractivity (Wildman–Crippen MR) is 154 cm³/mol. The van der Waals surface area contributed by atoms with Crippen molar-refractivity contribution in [3.8, 4) is 11.5 Å². The zero-order chi connectivity index (χ0) is 26.6. The summed E-state index contributed by atoms with van der Waals surface area (Å²) in [6.07, 6.45) is 1.64. The number of carbonyl (C=O) groups is 2. The van der Waals surface area contributed by atoms with E-state index in [1.807, 2.05) is 37.3 Å². The summed E-state index contributed by atoms with van der Waals surface area (Å²) < 4.78 is 12.0. The molecule has 0 radical (unpaired) electrons. The fraction of sp³-hybridized carbons (Fsp3) is 0.133. The van der Waals surface area contributed by atoms with E-state index in [4.69, 9.17) is 32.7 Å². The Morgan fingerprint density at radius 1 is 0.921 bits per heavy atom. The molecule has 5 rings (SSSR count). The highest BCUT2D eigenvalue weighted by Gasteiger charge is 2.35. The van der Waals surface area contributed by atoms with Gasteiger partial charge in [0.15, 0.2) is 11.5 Å². The fourth-order valence-electron chi connectivity index (χ4n) is 4.25. The Bertz CT molecular complexity index is 1560. The molecular formula is C30H23Cl2NO4S. The second kappa shape index (κ2) is 11.5. The molecular weight excluding hydrogens is 541 g/mol. The van der Waals surface area contributed by atoms with Crippen LogP contribution in [0, 0.1) is 0 Å². The Labute approximate surface area is 234 Å². The summed E-state index contributed by atoms with van der Waals surface area (Å²) in [7, 11) is 0. The van der Waals surface area contributed by atoms with Gasteiger partial charge in [0, 0.05) is 5.02 Å². The first kappa shape index (κ1) is 26.2. The number of rotatable bonds is 8. The summed E-state index contributed by atoms with van der Waals surface area (Å²) in [6, 6.07) is 24.7. The SMILES string of the molecule is CCOc1cc(/C=C2\SC(=O)N(Cc3cccc(Cl)c3)C2=O)cc(Cl)c1OCc1cccc2ccccc12. The van der Waals surface area contributed by atoms with Crippen molar-refractivity contribution < 1.29 is 19.1 Å². The number of carbonyl (C=O) groups excluding carboxylic acids is 2. The quantitative estimate of drug-likeness (QED) is 0.201. The smallest absolute Gasteiger partial charge is 0.293 e. The van der Waals surface area contributed by atoms with Gasteiger partial charge in [-0.15, -0.1) is 0 Å². The summed E-state index contributed by atoms with van der Waals surface area (Å²) in [5.74, 6) is 0.516. The second-order valence-corrected chi connectivity index (χ2v) is 10.4. The number of amides is 2. The number of hydrogen-bond acceptors (Lipinski definition) is 5. The Balaban J connectivity index is 1.38. The average molecular weight is 564 g/mol. The van der Waals surface area contributed by atoms with Crippen molar-refractivity contribution in [1.29, 1.82) is 0 Å². The van der Waals surface area contributed by atoms with Crippen LogP contribution in [0.5, 0.6) is 11.5 Å². The van der Waals surface area contributed by atoms with Gasteiger partial charge in [0.2, 0.25) is 0 Å². The van der Waals surface area contributed by atoms with Crippen LogP contribution in [0.2, 0.25) is 10.0 Å². The van der Waals surface area contributed by atoms with Crippen LogP contribution in [-0.2, 0) is 17.9 Å². The monoisotopic (exact) mass is 563 g/mol. The van der Waals surface area contributed by atoms with E-state index in [2.05, 4.69) is 18.2 Å². The summed E-state index contributed by atoms with van der Waals surface area (Å²) in [5, 5.41) is 2.79.